The lowest BCUT2D eigenvalue weighted by Gasteiger charge is -2.33. The number of nitrogens with zero attached hydrogens (tertiary/aromatic N) is 1. The zero-order valence-corrected chi connectivity index (χ0v) is 18.5. The first-order valence-electron chi connectivity index (χ1n) is 9.11. The first-order chi connectivity index (χ1) is 14.5. The second-order valence-corrected chi connectivity index (χ2v) is 9.30. The van der Waals surface area contributed by atoms with Gasteiger partial charge in [0.05, 0.1) is 21.0 Å². The van der Waals surface area contributed by atoms with E-state index in [4.69, 9.17) is 40.2 Å². The molecule has 1 saturated heterocycles. The molecule has 0 saturated carbocycles. The molecule has 0 N–H and O–H groups in total. The maximum absolute atomic E-state index is 13.4. The van der Waals surface area contributed by atoms with Crippen LogP contribution in [-0.4, -0.2) is 15.1 Å². The molecule has 1 fully saturated rings. The summed E-state index contributed by atoms with van der Waals surface area (Å²) in [6.45, 7) is 0. The van der Waals surface area contributed by atoms with Crippen molar-refractivity contribution < 1.29 is 9.53 Å². The Kier molecular flexibility index (Phi) is 5.07. The molecule has 0 atom stereocenters. The fraction of sp³-hybridized carbons (Fsp3) is 0.0435. The van der Waals surface area contributed by atoms with Gasteiger partial charge in [0.15, 0.2) is 0 Å². The fourth-order valence-electron chi connectivity index (χ4n) is 3.62. The Morgan fingerprint density at radius 3 is 2.20 bits per heavy atom. The lowest BCUT2D eigenvalue weighted by Crippen LogP contribution is -2.34. The molecule has 0 spiro atoms. The van der Waals surface area contributed by atoms with Gasteiger partial charge in [0, 0.05) is 11.1 Å². The van der Waals surface area contributed by atoms with Crippen LogP contribution >= 0.6 is 47.2 Å². The van der Waals surface area contributed by atoms with E-state index in [0.717, 1.165) is 28.2 Å². The molecule has 0 unspecified atom stereocenters. The molecule has 0 radical (unpaired) electrons. The van der Waals surface area contributed by atoms with E-state index in [9.17, 15) is 4.79 Å². The van der Waals surface area contributed by atoms with Crippen LogP contribution in [0.3, 0.4) is 0 Å². The van der Waals surface area contributed by atoms with Crippen molar-refractivity contribution in [2.45, 2.75) is 6.04 Å². The Labute approximate surface area is 193 Å². The maximum atomic E-state index is 13.4. The van der Waals surface area contributed by atoms with Gasteiger partial charge in [-0.2, -0.15) is 0 Å². The van der Waals surface area contributed by atoms with Gasteiger partial charge in [0.25, 0.3) is 5.91 Å². The van der Waals surface area contributed by atoms with Crippen LogP contribution in [-0.2, 0) is 4.79 Å². The van der Waals surface area contributed by atoms with Gasteiger partial charge in [-0.1, -0.05) is 89.6 Å². The summed E-state index contributed by atoms with van der Waals surface area (Å²) >= 11 is 19.0. The van der Waals surface area contributed by atoms with Crippen LogP contribution in [0.2, 0.25) is 10.0 Å². The minimum absolute atomic E-state index is 0.146. The van der Waals surface area contributed by atoms with E-state index in [1.54, 1.807) is 23.1 Å². The van der Waals surface area contributed by atoms with Crippen LogP contribution in [0.15, 0.2) is 71.6 Å². The first-order valence-corrected chi connectivity index (χ1v) is 11.1. The largest absolute Gasteiger partial charge is 0.457 e. The Hall–Kier alpha value is -2.31. The van der Waals surface area contributed by atoms with E-state index in [0.29, 0.717) is 19.3 Å². The highest BCUT2D eigenvalue weighted by Gasteiger charge is 2.42. The molecule has 3 nitrogen and oxygen atoms in total. The number of thioether (sulfide) groups is 1. The van der Waals surface area contributed by atoms with Gasteiger partial charge in [0.1, 0.15) is 15.8 Å². The number of thiocarbonyl (C=S) groups is 1. The molecule has 5 rings (SSSR count). The molecule has 3 aromatic rings. The number of carbonyl (C=O) groups is 1. The van der Waals surface area contributed by atoms with E-state index in [-0.39, 0.29) is 11.9 Å². The number of rotatable bonds is 2. The summed E-state index contributed by atoms with van der Waals surface area (Å²) < 4.78 is 6.56. The van der Waals surface area contributed by atoms with Gasteiger partial charge in [-0.25, -0.2) is 0 Å². The van der Waals surface area contributed by atoms with E-state index < -0.39 is 0 Å². The van der Waals surface area contributed by atoms with Crippen LogP contribution < -0.4 is 4.74 Å². The Bertz CT molecular complexity index is 1200. The molecule has 2 heterocycles. The van der Waals surface area contributed by atoms with E-state index in [1.807, 2.05) is 54.6 Å². The number of para-hydroxylation sites is 2. The number of carbonyl (C=O) groups excluding carboxylic acids is 1. The maximum Gasteiger partial charge on any atom is 0.267 e. The van der Waals surface area contributed by atoms with Crippen molar-refractivity contribution >= 4 is 63.5 Å². The SMILES string of the molecule is O=C1/C(=C\c2ccc(Cl)c(Cl)c2)SC(=S)N1C1c2ccccc2Oc2ccccc21. The fourth-order valence-corrected chi connectivity index (χ4v) is 5.24. The predicted octanol–water partition coefficient (Wildman–Crippen LogP) is 7.09. The normalized spacial score (nSPS) is 17.1. The summed E-state index contributed by atoms with van der Waals surface area (Å²) in [6.07, 6.45) is 1.79. The molecule has 2 aliphatic rings. The highest BCUT2D eigenvalue weighted by molar-refractivity contribution is 8.26. The summed E-state index contributed by atoms with van der Waals surface area (Å²) in [7, 11) is 0. The standard InChI is InChI=1S/C23H13Cl2NO2S2/c24-16-10-9-13(11-17(16)25)12-20-22(27)26(23(29)30-20)21-14-5-1-3-7-18(14)28-19-8-4-2-6-15(19)21/h1-12,21H/b20-12+. The second kappa shape index (κ2) is 7.75. The zero-order valence-electron chi connectivity index (χ0n) is 15.3. The van der Waals surface area contributed by atoms with Crippen LogP contribution in [0.25, 0.3) is 6.08 Å². The monoisotopic (exact) mass is 469 g/mol. The minimum atomic E-state index is -0.349. The number of hydrogen-bond acceptors (Lipinski definition) is 4. The summed E-state index contributed by atoms with van der Waals surface area (Å²) in [5.41, 5.74) is 2.60. The van der Waals surface area contributed by atoms with Crippen molar-refractivity contribution in [1.82, 2.24) is 4.90 Å². The molecule has 7 heteroatoms. The van der Waals surface area contributed by atoms with Crippen LogP contribution in [0.1, 0.15) is 22.7 Å². The highest BCUT2D eigenvalue weighted by Crippen LogP contribution is 2.49. The molecule has 30 heavy (non-hydrogen) atoms. The third kappa shape index (κ3) is 3.32. The number of ether oxygens (including phenoxy) is 1. The number of hydrogen-bond donors (Lipinski definition) is 0. The van der Waals surface area contributed by atoms with Crippen LogP contribution in [0, 0.1) is 0 Å². The number of amides is 1. The van der Waals surface area contributed by atoms with E-state index in [1.165, 1.54) is 11.8 Å². The van der Waals surface area contributed by atoms with Gasteiger partial charge in [-0.3, -0.25) is 9.69 Å². The second-order valence-electron chi connectivity index (χ2n) is 6.81. The third-order valence-corrected chi connectivity index (χ3v) is 7.04. The summed E-state index contributed by atoms with van der Waals surface area (Å²) in [5.74, 6) is 1.31. The molecular formula is C23H13Cl2NO2S2. The van der Waals surface area contributed by atoms with Crippen molar-refractivity contribution in [2.24, 2.45) is 0 Å². The molecule has 0 aromatic heterocycles. The Balaban J connectivity index is 1.58. The average Bonchev–Trinajstić information content (AvgIpc) is 3.02. The number of halogens is 2. The molecule has 0 aliphatic carbocycles. The van der Waals surface area contributed by atoms with Crippen molar-refractivity contribution in [3.8, 4) is 11.5 Å². The van der Waals surface area contributed by atoms with Crippen molar-refractivity contribution in [1.29, 1.82) is 0 Å². The molecule has 148 valence electrons. The first kappa shape index (κ1) is 19.6. The number of fused-ring (bicyclic) bond motifs is 2. The van der Waals surface area contributed by atoms with Gasteiger partial charge in [0.2, 0.25) is 0 Å². The lowest BCUT2D eigenvalue weighted by molar-refractivity contribution is -0.123. The Morgan fingerprint density at radius 1 is 0.933 bits per heavy atom. The summed E-state index contributed by atoms with van der Waals surface area (Å²) in [6, 6.07) is 20.4. The van der Waals surface area contributed by atoms with Crippen molar-refractivity contribution in [3.63, 3.8) is 0 Å². The number of benzene rings is 3. The molecule has 2 aliphatic heterocycles. The molecule has 1 amide bonds. The quantitative estimate of drug-likeness (QED) is 0.295. The van der Waals surface area contributed by atoms with Gasteiger partial charge >= 0.3 is 0 Å². The summed E-state index contributed by atoms with van der Waals surface area (Å²) in [4.78, 5) is 15.7. The molecule has 0 bridgehead atoms. The minimum Gasteiger partial charge on any atom is -0.457 e. The third-order valence-electron chi connectivity index (χ3n) is 4.97. The van der Waals surface area contributed by atoms with Crippen molar-refractivity contribution in [3.05, 3.63) is 98.4 Å². The predicted molar refractivity (Wildman–Crippen MR) is 126 cm³/mol. The zero-order chi connectivity index (χ0) is 20.8. The molecule has 3 aromatic carbocycles. The van der Waals surface area contributed by atoms with Crippen molar-refractivity contribution in [2.75, 3.05) is 0 Å². The average molecular weight is 470 g/mol. The van der Waals surface area contributed by atoms with E-state index >= 15 is 0 Å². The lowest BCUT2D eigenvalue weighted by atomic mass is 9.93. The summed E-state index contributed by atoms with van der Waals surface area (Å²) in [5, 5.41) is 0.907. The molecular weight excluding hydrogens is 457 g/mol. The topological polar surface area (TPSA) is 29.5 Å². The van der Waals surface area contributed by atoms with Gasteiger partial charge in [-0.15, -0.1) is 0 Å². The van der Waals surface area contributed by atoms with E-state index in [2.05, 4.69) is 0 Å². The van der Waals surface area contributed by atoms with Gasteiger partial charge in [-0.05, 0) is 35.9 Å². The van der Waals surface area contributed by atoms with Crippen LogP contribution in [0.5, 0.6) is 11.5 Å². The Morgan fingerprint density at radius 2 is 1.57 bits per heavy atom. The van der Waals surface area contributed by atoms with Gasteiger partial charge < -0.3 is 4.74 Å². The highest BCUT2D eigenvalue weighted by atomic mass is 35.5. The van der Waals surface area contributed by atoms with Crippen LogP contribution in [0.4, 0.5) is 0 Å². The smallest absolute Gasteiger partial charge is 0.267 e.